The van der Waals surface area contributed by atoms with Gasteiger partial charge in [0.05, 0.1) is 13.2 Å². The lowest BCUT2D eigenvalue weighted by atomic mass is 9.79. The molecule has 0 aliphatic carbocycles. The highest BCUT2D eigenvalue weighted by atomic mass is 16.5. The van der Waals surface area contributed by atoms with Gasteiger partial charge in [-0.1, -0.05) is 0 Å². The van der Waals surface area contributed by atoms with Crippen LogP contribution in [0.25, 0.3) is 0 Å². The summed E-state index contributed by atoms with van der Waals surface area (Å²) < 4.78 is 9.79. The number of rotatable bonds is 4. The van der Waals surface area contributed by atoms with Gasteiger partial charge in [0.15, 0.2) is 5.78 Å². The molecule has 0 spiro atoms. The van der Waals surface area contributed by atoms with E-state index in [1.807, 2.05) is 0 Å². The second-order valence-electron chi connectivity index (χ2n) is 4.61. The van der Waals surface area contributed by atoms with Gasteiger partial charge >= 0.3 is 11.9 Å². The van der Waals surface area contributed by atoms with E-state index < -0.39 is 29.6 Å². The van der Waals surface area contributed by atoms with E-state index in [-0.39, 0.29) is 25.3 Å². The molecule has 0 saturated carbocycles. The van der Waals surface area contributed by atoms with Crippen LogP contribution in [-0.4, -0.2) is 43.0 Å². The largest absolute Gasteiger partial charge is 0.465 e. The van der Waals surface area contributed by atoms with Crippen LogP contribution in [0.3, 0.4) is 0 Å². The Morgan fingerprint density at radius 3 is 1.68 bits per heavy atom. The lowest BCUT2D eigenvalue weighted by molar-refractivity contribution is -0.161. The average molecular weight is 271 g/mol. The van der Waals surface area contributed by atoms with Gasteiger partial charge in [0.2, 0.25) is 0 Å². The van der Waals surface area contributed by atoms with E-state index in [0.29, 0.717) is 0 Å². The number of hydrogen-bond donors (Lipinski definition) is 1. The van der Waals surface area contributed by atoms with Crippen molar-refractivity contribution in [2.45, 2.75) is 39.8 Å². The number of nitrogens with one attached hydrogen (secondary N) is 1. The first-order chi connectivity index (χ1) is 8.93. The predicted octanol–water partition coefficient (Wildman–Crippen LogP) is 0.294. The molecule has 0 aromatic rings. The maximum atomic E-state index is 12.3. The lowest BCUT2D eigenvalue weighted by Crippen LogP contribution is -2.60. The van der Waals surface area contributed by atoms with E-state index in [9.17, 15) is 14.4 Å². The van der Waals surface area contributed by atoms with E-state index >= 15 is 0 Å². The minimum absolute atomic E-state index is 0.203. The SMILES string of the molecule is CCOC(=O)[C@@H]1C(=O)[C@H](C(=O)OCC)[C@@H](C)N[C@@H]1C. The van der Waals surface area contributed by atoms with Crippen LogP contribution in [0, 0.1) is 11.8 Å². The molecule has 0 bridgehead atoms. The fourth-order valence-electron chi connectivity index (χ4n) is 2.40. The molecule has 4 atom stereocenters. The Balaban J connectivity index is 2.92. The Kier molecular flexibility index (Phi) is 5.47. The van der Waals surface area contributed by atoms with Crippen LogP contribution in [0.15, 0.2) is 0 Å². The fourth-order valence-corrected chi connectivity index (χ4v) is 2.40. The van der Waals surface area contributed by atoms with Gasteiger partial charge in [-0.25, -0.2) is 0 Å². The molecule has 6 nitrogen and oxygen atoms in total. The summed E-state index contributed by atoms with van der Waals surface area (Å²) in [5, 5.41) is 3.07. The first-order valence-corrected chi connectivity index (χ1v) is 6.57. The molecule has 1 aliphatic rings. The van der Waals surface area contributed by atoms with Crippen LogP contribution >= 0.6 is 0 Å². The quantitative estimate of drug-likeness (QED) is 0.585. The predicted molar refractivity (Wildman–Crippen MR) is 67.3 cm³/mol. The summed E-state index contributed by atoms with van der Waals surface area (Å²) in [6, 6.07) is -0.709. The number of piperidine rings is 1. The van der Waals surface area contributed by atoms with Gasteiger partial charge in [-0.15, -0.1) is 0 Å². The highest BCUT2D eigenvalue weighted by molar-refractivity contribution is 6.10. The number of ether oxygens (including phenoxy) is 2. The molecule has 0 unspecified atom stereocenters. The zero-order valence-electron chi connectivity index (χ0n) is 11.8. The van der Waals surface area contributed by atoms with Gasteiger partial charge in [0, 0.05) is 12.1 Å². The fraction of sp³-hybridized carbons (Fsp3) is 0.769. The molecule has 1 saturated heterocycles. The highest BCUT2D eigenvalue weighted by Gasteiger charge is 2.48. The minimum atomic E-state index is -0.953. The molecule has 0 amide bonds. The van der Waals surface area contributed by atoms with Crippen molar-refractivity contribution < 1.29 is 23.9 Å². The molecular formula is C13H21NO5. The Morgan fingerprint density at radius 1 is 1.00 bits per heavy atom. The smallest absolute Gasteiger partial charge is 0.318 e. The molecule has 0 aromatic heterocycles. The Morgan fingerprint density at radius 2 is 1.37 bits per heavy atom. The molecule has 1 heterocycles. The summed E-state index contributed by atoms with van der Waals surface area (Å²) in [4.78, 5) is 36.0. The molecule has 0 aromatic carbocycles. The van der Waals surface area contributed by atoms with Crippen molar-refractivity contribution in [1.29, 1.82) is 0 Å². The van der Waals surface area contributed by atoms with Crippen molar-refractivity contribution in [3.63, 3.8) is 0 Å². The summed E-state index contributed by atoms with van der Waals surface area (Å²) >= 11 is 0. The van der Waals surface area contributed by atoms with Crippen LogP contribution in [0.2, 0.25) is 0 Å². The number of carbonyl (C=O) groups is 3. The zero-order valence-corrected chi connectivity index (χ0v) is 11.8. The third-order valence-electron chi connectivity index (χ3n) is 3.22. The van der Waals surface area contributed by atoms with E-state index in [2.05, 4.69) is 5.32 Å². The molecule has 1 rings (SSSR count). The van der Waals surface area contributed by atoms with Crippen molar-refractivity contribution in [3.05, 3.63) is 0 Å². The van der Waals surface area contributed by atoms with Gasteiger partial charge in [0.1, 0.15) is 11.8 Å². The molecule has 108 valence electrons. The summed E-state index contributed by atoms with van der Waals surface area (Å²) in [5.74, 6) is -3.51. The van der Waals surface area contributed by atoms with Crippen molar-refractivity contribution >= 4 is 17.7 Å². The van der Waals surface area contributed by atoms with E-state index in [1.165, 1.54) is 0 Å². The van der Waals surface area contributed by atoms with Gasteiger partial charge in [-0.05, 0) is 27.7 Å². The number of carbonyl (C=O) groups excluding carboxylic acids is 3. The number of Topliss-reactive ketones (excluding diaryl/α,β-unsaturated/α-hetero) is 1. The van der Waals surface area contributed by atoms with Crippen molar-refractivity contribution in [2.75, 3.05) is 13.2 Å². The number of ketones is 1. The number of esters is 2. The topological polar surface area (TPSA) is 81.7 Å². The first kappa shape index (κ1) is 15.6. The molecular weight excluding hydrogens is 250 g/mol. The summed E-state index contributed by atoms with van der Waals surface area (Å²) in [7, 11) is 0. The summed E-state index contributed by atoms with van der Waals surface area (Å²) in [6.45, 7) is 7.22. The third kappa shape index (κ3) is 3.32. The molecule has 1 fully saturated rings. The van der Waals surface area contributed by atoms with E-state index in [4.69, 9.17) is 9.47 Å². The Bertz CT molecular complexity index is 336. The van der Waals surface area contributed by atoms with Crippen LogP contribution in [-0.2, 0) is 23.9 Å². The normalized spacial score (nSPS) is 30.8. The molecule has 0 radical (unpaired) electrons. The summed E-state index contributed by atoms with van der Waals surface area (Å²) in [6.07, 6.45) is 0. The molecule has 19 heavy (non-hydrogen) atoms. The van der Waals surface area contributed by atoms with Crippen LogP contribution in [0.4, 0.5) is 0 Å². The van der Waals surface area contributed by atoms with Gasteiger partial charge < -0.3 is 14.8 Å². The van der Waals surface area contributed by atoms with E-state index in [0.717, 1.165) is 0 Å². The highest BCUT2D eigenvalue weighted by Crippen LogP contribution is 2.24. The maximum absolute atomic E-state index is 12.3. The van der Waals surface area contributed by atoms with E-state index in [1.54, 1.807) is 27.7 Å². The molecule has 1 aliphatic heterocycles. The minimum Gasteiger partial charge on any atom is -0.465 e. The second-order valence-corrected chi connectivity index (χ2v) is 4.61. The number of hydrogen-bond acceptors (Lipinski definition) is 6. The van der Waals surface area contributed by atoms with Gasteiger partial charge in [-0.2, -0.15) is 0 Å². The van der Waals surface area contributed by atoms with Gasteiger partial charge in [-0.3, -0.25) is 14.4 Å². The Hall–Kier alpha value is -1.43. The van der Waals surface area contributed by atoms with Crippen LogP contribution in [0.5, 0.6) is 0 Å². The Labute approximate surface area is 112 Å². The monoisotopic (exact) mass is 271 g/mol. The van der Waals surface area contributed by atoms with Crippen molar-refractivity contribution in [2.24, 2.45) is 11.8 Å². The van der Waals surface area contributed by atoms with Crippen LogP contribution in [0.1, 0.15) is 27.7 Å². The van der Waals surface area contributed by atoms with Gasteiger partial charge in [0.25, 0.3) is 0 Å². The van der Waals surface area contributed by atoms with Crippen LogP contribution < -0.4 is 5.32 Å². The lowest BCUT2D eigenvalue weighted by Gasteiger charge is -2.36. The second kappa shape index (κ2) is 6.65. The molecule has 1 N–H and O–H groups in total. The third-order valence-corrected chi connectivity index (χ3v) is 3.22. The van der Waals surface area contributed by atoms with Crippen molar-refractivity contribution in [1.82, 2.24) is 5.32 Å². The first-order valence-electron chi connectivity index (χ1n) is 6.57. The zero-order chi connectivity index (χ0) is 14.6. The summed E-state index contributed by atoms with van der Waals surface area (Å²) in [5.41, 5.74) is 0. The maximum Gasteiger partial charge on any atom is 0.318 e. The standard InChI is InChI=1S/C13H21NO5/c1-5-18-12(16)9-7(3)14-8(4)10(11(9)15)13(17)19-6-2/h7-10,14H,5-6H2,1-4H3/t7-,8-,9-,10+/m1/s1. The average Bonchev–Trinajstić information content (AvgIpc) is 2.28. The van der Waals surface area contributed by atoms with Crippen molar-refractivity contribution in [3.8, 4) is 0 Å². The molecule has 6 heteroatoms.